The summed E-state index contributed by atoms with van der Waals surface area (Å²) < 4.78 is 1.41. The number of benzene rings is 1. The van der Waals surface area contributed by atoms with E-state index < -0.39 is 5.91 Å². The summed E-state index contributed by atoms with van der Waals surface area (Å²) in [7, 11) is 0. The SMILES string of the molecule is NC(=O)Cn1ccc(NC(=O)[C@H]2CCCN2Cc2ccccc2)n1. The molecule has 3 N–H and O–H groups in total. The topological polar surface area (TPSA) is 93.2 Å². The van der Waals surface area contributed by atoms with Crippen LogP contribution in [0.3, 0.4) is 0 Å². The number of aromatic nitrogens is 2. The second-order valence-electron chi connectivity index (χ2n) is 5.97. The lowest BCUT2D eigenvalue weighted by molar-refractivity contribution is -0.120. The van der Waals surface area contributed by atoms with Crippen LogP contribution in [0.5, 0.6) is 0 Å². The lowest BCUT2D eigenvalue weighted by Gasteiger charge is -2.23. The van der Waals surface area contributed by atoms with Crippen molar-refractivity contribution in [3.8, 4) is 0 Å². The lowest BCUT2D eigenvalue weighted by atomic mass is 10.1. The maximum Gasteiger partial charge on any atom is 0.242 e. The average molecular weight is 327 g/mol. The van der Waals surface area contributed by atoms with Crippen molar-refractivity contribution in [2.75, 3.05) is 11.9 Å². The number of anilines is 1. The predicted octanol–water partition coefficient (Wildman–Crippen LogP) is 0.971. The van der Waals surface area contributed by atoms with Gasteiger partial charge in [0.2, 0.25) is 11.8 Å². The third kappa shape index (κ3) is 3.99. The Morgan fingerprint density at radius 1 is 1.25 bits per heavy atom. The number of nitrogens with two attached hydrogens (primary N) is 1. The van der Waals surface area contributed by atoms with Crippen molar-refractivity contribution in [2.45, 2.75) is 32.0 Å². The molecule has 7 heteroatoms. The molecule has 0 saturated carbocycles. The number of primary amides is 1. The fourth-order valence-electron chi connectivity index (χ4n) is 3.02. The quantitative estimate of drug-likeness (QED) is 0.827. The predicted molar refractivity (Wildman–Crippen MR) is 89.9 cm³/mol. The molecule has 0 bridgehead atoms. The van der Waals surface area contributed by atoms with Crippen molar-refractivity contribution >= 4 is 17.6 Å². The zero-order valence-corrected chi connectivity index (χ0v) is 13.4. The van der Waals surface area contributed by atoms with Crippen molar-refractivity contribution < 1.29 is 9.59 Å². The van der Waals surface area contributed by atoms with Crippen LogP contribution in [0.2, 0.25) is 0 Å². The van der Waals surface area contributed by atoms with Crippen LogP contribution in [0.25, 0.3) is 0 Å². The molecule has 1 saturated heterocycles. The van der Waals surface area contributed by atoms with Gasteiger partial charge in [-0.1, -0.05) is 30.3 Å². The van der Waals surface area contributed by atoms with E-state index in [1.54, 1.807) is 12.3 Å². The maximum atomic E-state index is 12.6. The van der Waals surface area contributed by atoms with Crippen LogP contribution in [-0.4, -0.2) is 39.1 Å². The van der Waals surface area contributed by atoms with E-state index in [0.29, 0.717) is 5.82 Å². The van der Waals surface area contributed by atoms with Crippen LogP contribution in [0.4, 0.5) is 5.82 Å². The van der Waals surface area contributed by atoms with Gasteiger partial charge in [-0.15, -0.1) is 0 Å². The summed E-state index contributed by atoms with van der Waals surface area (Å²) in [5.41, 5.74) is 6.33. The molecule has 1 aromatic carbocycles. The van der Waals surface area contributed by atoms with Crippen LogP contribution in [0, 0.1) is 0 Å². The number of nitrogens with one attached hydrogen (secondary N) is 1. The summed E-state index contributed by atoms with van der Waals surface area (Å²) in [6.07, 6.45) is 3.46. The summed E-state index contributed by atoms with van der Waals surface area (Å²) >= 11 is 0. The number of amides is 2. The van der Waals surface area contributed by atoms with Crippen LogP contribution >= 0.6 is 0 Å². The molecular weight excluding hydrogens is 306 g/mol. The fraction of sp³-hybridized carbons (Fsp3) is 0.353. The monoisotopic (exact) mass is 327 g/mol. The Kier molecular flexibility index (Phi) is 4.90. The highest BCUT2D eigenvalue weighted by molar-refractivity contribution is 5.94. The first kappa shape index (κ1) is 16.2. The molecular formula is C17H21N5O2. The van der Waals surface area contributed by atoms with Gasteiger partial charge in [-0.05, 0) is 24.9 Å². The van der Waals surface area contributed by atoms with Crippen LogP contribution in [-0.2, 0) is 22.7 Å². The number of hydrogen-bond acceptors (Lipinski definition) is 4. The van der Waals surface area contributed by atoms with Crippen molar-refractivity contribution in [2.24, 2.45) is 5.73 Å². The molecule has 1 atom stereocenters. The molecule has 2 amide bonds. The second-order valence-corrected chi connectivity index (χ2v) is 5.97. The molecule has 0 unspecified atom stereocenters. The van der Waals surface area contributed by atoms with E-state index in [2.05, 4.69) is 27.4 Å². The number of carbonyl (C=O) groups is 2. The Bertz CT molecular complexity index is 713. The molecule has 2 aromatic rings. The molecule has 7 nitrogen and oxygen atoms in total. The minimum atomic E-state index is -0.471. The van der Waals surface area contributed by atoms with Gasteiger partial charge < -0.3 is 11.1 Å². The Hall–Kier alpha value is -2.67. The van der Waals surface area contributed by atoms with E-state index in [0.717, 1.165) is 25.9 Å². The van der Waals surface area contributed by atoms with Crippen molar-refractivity contribution in [3.05, 3.63) is 48.2 Å². The third-order valence-corrected chi connectivity index (χ3v) is 4.10. The van der Waals surface area contributed by atoms with Gasteiger partial charge in [-0.25, -0.2) is 0 Å². The molecule has 3 rings (SSSR count). The highest BCUT2D eigenvalue weighted by atomic mass is 16.2. The normalized spacial score (nSPS) is 17.8. The number of carbonyl (C=O) groups excluding carboxylic acids is 2. The van der Waals surface area contributed by atoms with E-state index in [1.807, 2.05) is 18.2 Å². The van der Waals surface area contributed by atoms with Gasteiger partial charge in [-0.2, -0.15) is 5.10 Å². The average Bonchev–Trinajstić information content (AvgIpc) is 3.17. The largest absolute Gasteiger partial charge is 0.368 e. The van der Waals surface area contributed by atoms with Crippen molar-refractivity contribution in [1.82, 2.24) is 14.7 Å². The summed E-state index contributed by atoms with van der Waals surface area (Å²) in [6.45, 7) is 1.66. The third-order valence-electron chi connectivity index (χ3n) is 4.10. The molecule has 1 fully saturated rings. The van der Waals surface area contributed by atoms with Gasteiger partial charge in [0.05, 0.1) is 6.04 Å². The Morgan fingerprint density at radius 2 is 2.04 bits per heavy atom. The van der Waals surface area contributed by atoms with Crippen LogP contribution in [0.15, 0.2) is 42.6 Å². The number of rotatable bonds is 6. The van der Waals surface area contributed by atoms with E-state index in [9.17, 15) is 9.59 Å². The molecule has 2 heterocycles. The van der Waals surface area contributed by atoms with Gasteiger partial charge in [-0.3, -0.25) is 19.2 Å². The molecule has 0 radical (unpaired) electrons. The highest BCUT2D eigenvalue weighted by Gasteiger charge is 2.30. The van der Waals surface area contributed by atoms with E-state index in [1.165, 1.54) is 10.2 Å². The fourth-order valence-corrected chi connectivity index (χ4v) is 3.02. The Labute approximate surface area is 140 Å². The zero-order chi connectivity index (χ0) is 16.9. The summed E-state index contributed by atoms with van der Waals surface area (Å²) in [6, 6.07) is 11.6. The smallest absolute Gasteiger partial charge is 0.242 e. The molecule has 1 aliphatic rings. The van der Waals surface area contributed by atoms with E-state index >= 15 is 0 Å². The summed E-state index contributed by atoms with van der Waals surface area (Å²) in [5, 5.41) is 6.96. The van der Waals surface area contributed by atoms with Gasteiger partial charge in [0.1, 0.15) is 6.54 Å². The maximum absolute atomic E-state index is 12.6. The minimum Gasteiger partial charge on any atom is -0.368 e. The standard InChI is InChI=1S/C17H21N5O2/c18-15(23)12-22-10-8-16(20-22)19-17(24)14-7-4-9-21(14)11-13-5-2-1-3-6-13/h1-3,5-6,8,10,14H,4,7,9,11-12H2,(H2,18,23)(H,19,20,24)/t14-/m1/s1. The molecule has 126 valence electrons. The zero-order valence-electron chi connectivity index (χ0n) is 13.4. The lowest BCUT2D eigenvalue weighted by Crippen LogP contribution is -2.39. The molecule has 0 spiro atoms. The highest BCUT2D eigenvalue weighted by Crippen LogP contribution is 2.21. The molecule has 24 heavy (non-hydrogen) atoms. The first-order valence-corrected chi connectivity index (χ1v) is 8.02. The van der Waals surface area contributed by atoms with Gasteiger partial charge >= 0.3 is 0 Å². The number of hydrogen-bond donors (Lipinski definition) is 2. The van der Waals surface area contributed by atoms with Crippen LogP contribution in [0.1, 0.15) is 18.4 Å². The Balaban J connectivity index is 1.61. The summed E-state index contributed by atoms with van der Waals surface area (Å²) in [5.74, 6) is -0.0960. The van der Waals surface area contributed by atoms with Gasteiger partial charge in [0.15, 0.2) is 5.82 Å². The van der Waals surface area contributed by atoms with E-state index in [4.69, 9.17) is 5.73 Å². The number of nitrogens with zero attached hydrogens (tertiary/aromatic N) is 3. The summed E-state index contributed by atoms with van der Waals surface area (Å²) in [4.78, 5) is 25.6. The van der Waals surface area contributed by atoms with Crippen LogP contribution < -0.4 is 11.1 Å². The van der Waals surface area contributed by atoms with Crippen molar-refractivity contribution in [3.63, 3.8) is 0 Å². The molecule has 1 aromatic heterocycles. The second kappa shape index (κ2) is 7.27. The van der Waals surface area contributed by atoms with Gasteiger partial charge in [0.25, 0.3) is 0 Å². The van der Waals surface area contributed by atoms with Crippen molar-refractivity contribution in [1.29, 1.82) is 0 Å². The van der Waals surface area contributed by atoms with Gasteiger partial charge in [0, 0.05) is 18.8 Å². The first-order valence-electron chi connectivity index (χ1n) is 8.02. The minimum absolute atomic E-state index is 0.000564. The van der Waals surface area contributed by atoms with E-state index in [-0.39, 0.29) is 18.5 Å². The molecule has 1 aliphatic heterocycles. The number of likely N-dealkylation sites (tertiary alicyclic amines) is 1. The molecule has 0 aliphatic carbocycles. The first-order chi connectivity index (χ1) is 11.6. The Morgan fingerprint density at radius 3 is 2.79 bits per heavy atom.